The first kappa shape index (κ1) is 29.0. The molecule has 2 aromatic carbocycles. The van der Waals surface area contributed by atoms with Gasteiger partial charge in [0.15, 0.2) is 6.79 Å². The Kier molecular flexibility index (Phi) is 7.78. The quantitative estimate of drug-likeness (QED) is 0.242. The fourth-order valence-corrected chi connectivity index (χ4v) is 5.75. The van der Waals surface area contributed by atoms with Crippen molar-refractivity contribution in [1.29, 1.82) is 0 Å². The molecule has 1 aliphatic rings. The molecular formula is C31H38ClN5O4. The number of carbonyl (C=O) groups is 1. The second-order valence-electron chi connectivity index (χ2n) is 11.8. The third-order valence-corrected chi connectivity index (χ3v) is 7.82. The summed E-state index contributed by atoms with van der Waals surface area (Å²) < 4.78 is 18.6. The van der Waals surface area contributed by atoms with E-state index in [2.05, 4.69) is 29.1 Å². The number of methoxy groups -OCH3 is 1. The molecule has 0 spiro atoms. The number of nitrogens with zero attached hydrogens (tertiary/aromatic N) is 5. The number of hydrogen-bond acceptors (Lipinski definition) is 7. The monoisotopic (exact) mass is 579 g/mol. The highest BCUT2D eigenvalue weighted by atomic mass is 35.5. The van der Waals surface area contributed by atoms with Crippen LogP contribution < -0.4 is 9.64 Å². The van der Waals surface area contributed by atoms with Crippen LogP contribution in [0.1, 0.15) is 38.3 Å². The molecule has 0 bridgehead atoms. The normalized spacial score (nSPS) is 15.6. The van der Waals surface area contributed by atoms with Crippen molar-refractivity contribution in [2.75, 3.05) is 38.9 Å². The largest absolute Gasteiger partial charge is 0.466 e. The molecule has 9 nitrogen and oxygen atoms in total. The summed E-state index contributed by atoms with van der Waals surface area (Å²) in [6, 6.07) is 8.18. The fraction of sp³-hybridized carbons (Fsp3) is 0.452. The van der Waals surface area contributed by atoms with Gasteiger partial charge in [-0.3, -0.25) is 4.68 Å². The molecule has 1 fully saturated rings. The lowest BCUT2D eigenvalue weighted by molar-refractivity contribution is 0.0238. The van der Waals surface area contributed by atoms with Crippen LogP contribution in [-0.4, -0.2) is 71.4 Å². The van der Waals surface area contributed by atoms with Crippen LogP contribution in [0.2, 0.25) is 5.02 Å². The maximum Gasteiger partial charge on any atom is 0.410 e. The molecule has 4 aromatic rings. The maximum absolute atomic E-state index is 12.6. The summed E-state index contributed by atoms with van der Waals surface area (Å²) >= 11 is 6.93. The van der Waals surface area contributed by atoms with Gasteiger partial charge in [-0.05, 0) is 70.9 Å². The molecule has 1 amide bonds. The van der Waals surface area contributed by atoms with E-state index in [0.29, 0.717) is 10.8 Å². The van der Waals surface area contributed by atoms with Gasteiger partial charge in [0.05, 0.1) is 27.8 Å². The van der Waals surface area contributed by atoms with Gasteiger partial charge in [0.2, 0.25) is 0 Å². The fourth-order valence-electron chi connectivity index (χ4n) is 5.49. The van der Waals surface area contributed by atoms with Crippen LogP contribution in [0.15, 0.2) is 30.5 Å². The van der Waals surface area contributed by atoms with Gasteiger partial charge in [0, 0.05) is 68.1 Å². The summed E-state index contributed by atoms with van der Waals surface area (Å²) in [7, 11) is 5.31. The molecule has 1 saturated heterocycles. The Morgan fingerprint density at radius 1 is 1.20 bits per heavy atom. The van der Waals surface area contributed by atoms with E-state index in [1.807, 2.05) is 60.1 Å². The van der Waals surface area contributed by atoms with Crippen LogP contribution in [0.25, 0.3) is 33.1 Å². The number of benzene rings is 2. The van der Waals surface area contributed by atoms with Crippen molar-refractivity contribution in [2.45, 2.75) is 52.7 Å². The van der Waals surface area contributed by atoms with Gasteiger partial charge in [-0.1, -0.05) is 11.6 Å². The van der Waals surface area contributed by atoms with Crippen LogP contribution in [0.5, 0.6) is 5.75 Å². The van der Waals surface area contributed by atoms with E-state index in [4.69, 9.17) is 30.8 Å². The molecule has 2 aromatic heterocycles. The molecule has 10 heteroatoms. The zero-order valence-corrected chi connectivity index (χ0v) is 25.8. The molecule has 1 aliphatic heterocycles. The van der Waals surface area contributed by atoms with Crippen molar-refractivity contribution in [3.63, 3.8) is 0 Å². The van der Waals surface area contributed by atoms with Gasteiger partial charge in [-0.15, -0.1) is 0 Å². The molecule has 1 atom stereocenters. The molecule has 41 heavy (non-hydrogen) atoms. The van der Waals surface area contributed by atoms with Gasteiger partial charge >= 0.3 is 6.09 Å². The van der Waals surface area contributed by atoms with Crippen molar-refractivity contribution >= 4 is 45.2 Å². The average molecular weight is 580 g/mol. The number of carbonyl (C=O) groups excluding carboxylic acids is 1. The number of fused-ring (bicyclic) bond motifs is 2. The van der Waals surface area contributed by atoms with Crippen LogP contribution in [0, 0.1) is 13.8 Å². The summed E-state index contributed by atoms with van der Waals surface area (Å²) in [4.78, 5) is 21.7. The number of pyridine rings is 1. The minimum absolute atomic E-state index is 0.0621. The number of ether oxygens (including phenoxy) is 3. The minimum Gasteiger partial charge on any atom is -0.466 e. The van der Waals surface area contributed by atoms with E-state index in [9.17, 15) is 4.79 Å². The van der Waals surface area contributed by atoms with Crippen molar-refractivity contribution in [2.24, 2.45) is 7.05 Å². The summed E-state index contributed by atoms with van der Waals surface area (Å²) in [5.74, 6) is 0.673. The standard InChI is InChI=1S/C31H38ClN5O4/c1-18-11-25-22(13-27(18)37-10-9-21(16-37)36(7)30(38)41-31(3,4)5)24(32)14-26(33-25)23-12-20-15-35(6)34-28(20)19(2)29(23)40-17-39-8/h11-15,21H,9-10,16-17H2,1-8H3. The Morgan fingerprint density at radius 2 is 1.95 bits per heavy atom. The van der Waals surface area contributed by atoms with Crippen molar-refractivity contribution in [3.05, 3.63) is 46.6 Å². The van der Waals surface area contributed by atoms with Gasteiger partial charge in [0.1, 0.15) is 11.4 Å². The van der Waals surface area contributed by atoms with Crippen LogP contribution in [-0.2, 0) is 16.5 Å². The highest BCUT2D eigenvalue weighted by Crippen LogP contribution is 2.40. The molecule has 1 unspecified atom stereocenters. The van der Waals surface area contributed by atoms with Gasteiger partial charge in [-0.2, -0.15) is 5.10 Å². The van der Waals surface area contributed by atoms with E-state index in [0.717, 1.165) is 69.4 Å². The van der Waals surface area contributed by atoms with Gasteiger partial charge in [0.25, 0.3) is 0 Å². The second kappa shape index (κ2) is 11.0. The van der Waals surface area contributed by atoms with E-state index >= 15 is 0 Å². The van der Waals surface area contributed by atoms with E-state index in [-0.39, 0.29) is 18.9 Å². The summed E-state index contributed by atoms with van der Waals surface area (Å²) in [6.07, 6.45) is 2.54. The molecule has 0 aliphatic carbocycles. The molecule has 0 radical (unpaired) electrons. The lowest BCUT2D eigenvalue weighted by Crippen LogP contribution is -2.42. The number of anilines is 1. The third kappa shape index (κ3) is 5.78. The Bertz CT molecular complexity index is 1630. The van der Waals surface area contributed by atoms with E-state index < -0.39 is 5.60 Å². The summed E-state index contributed by atoms with van der Waals surface area (Å²) in [5, 5.41) is 7.07. The predicted octanol–water partition coefficient (Wildman–Crippen LogP) is 6.49. The first-order chi connectivity index (χ1) is 19.4. The smallest absolute Gasteiger partial charge is 0.410 e. The lowest BCUT2D eigenvalue weighted by Gasteiger charge is -2.29. The molecule has 218 valence electrons. The van der Waals surface area contributed by atoms with E-state index in [1.165, 1.54) is 0 Å². The summed E-state index contributed by atoms with van der Waals surface area (Å²) in [5.41, 5.74) is 5.79. The van der Waals surface area contributed by atoms with Crippen molar-refractivity contribution in [3.8, 4) is 17.0 Å². The summed E-state index contributed by atoms with van der Waals surface area (Å²) in [6.45, 7) is 11.4. The number of amides is 1. The molecule has 0 N–H and O–H groups in total. The Balaban J connectivity index is 1.48. The third-order valence-electron chi connectivity index (χ3n) is 7.50. The maximum atomic E-state index is 12.6. The highest BCUT2D eigenvalue weighted by molar-refractivity contribution is 6.35. The highest BCUT2D eigenvalue weighted by Gasteiger charge is 2.32. The predicted molar refractivity (Wildman–Crippen MR) is 163 cm³/mol. The van der Waals surface area contributed by atoms with Crippen molar-refractivity contribution in [1.82, 2.24) is 19.7 Å². The number of likely N-dealkylation sites (N-methyl/N-ethyl adjacent to an activating group) is 1. The average Bonchev–Trinajstić information content (AvgIpc) is 3.53. The van der Waals surface area contributed by atoms with Gasteiger partial charge in [-0.25, -0.2) is 9.78 Å². The van der Waals surface area contributed by atoms with Crippen LogP contribution >= 0.6 is 11.6 Å². The van der Waals surface area contributed by atoms with Crippen molar-refractivity contribution < 1.29 is 19.0 Å². The Morgan fingerprint density at radius 3 is 2.66 bits per heavy atom. The van der Waals surface area contributed by atoms with Crippen LogP contribution in [0.4, 0.5) is 10.5 Å². The first-order valence-electron chi connectivity index (χ1n) is 13.8. The van der Waals surface area contributed by atoms with Crippen LogP contribution in [0.3, 0.4) is 0 Å². The Labute approximate surface area is 245 Å². The number of aromatic nitrogens is 3. The number of aryl methyl sites for hydroxylation is 3. The number of halogens is 1. The Hall–Kier alpha value is -3.56. The SMILES string of the molecule is COCOc1c(-c2cc(Cl)c3cc(N4CCC(N(C)C(=O)OC(C)(C)C)C4)c(C)cc3n2)cc2cn(C)nc2c1C. The minimum atomic E-state index is -0.528. The zero-order chi connectivity index (χ0) is 29.6. The number of hydrogen-bond donors (Lipinski definition) is 0. The molecular weight excluding hydrogens is 542 g/mol. The number of rotatable bonds is 6. The zero-order valence-electron chi connectivity index (χ0n) is 25.0. The topological polar surface area (TPSA) is 82.0 Å². The molecule has 5 rings (SSSR count). The van der Waals surface area contributed by atoms with E-state index in [1.54, 1.807) is 16.7 Å². The molecule has 3 heterocycles. The molecule has 0 saturated carbocycles. The lowest BCUT2D eigenvalue weighted by atomic mass is 10.0. The van der Waals surface area contributed by atoms with Gasteiger partial charge < -0.3 is 24.0 Å². The first-order valence-corrected chi connectivity index (χ1v) is 14.1. The second-order valence-corrected chi connectivity index (χ2v) is 12.2.